The van der Waals surface area contributed by atoms with Crippen LogP contribution in [0.2, 0.25) is 0 Å². The van der Waals surface area contributed by atoms with E-state index < -0.39 is 11.9 Å². The number of amides is 1. The molecular weight excluding hydrogens is 226 g/mol. The maximum atomic E-state index is 11.2. The van der Waals surface area contributed by atoms with Crippen LogP contribution in [-0.2, 0) is 19.1 Å². The van der Waals surface area contributed by atoms with Gasteiger partial charge in [0, 0.05) is 12.6 Å². The lowest BCUT2D eigenvalue weighted by molar-refractivity contribution is -0.147. The predicted octanol–water partition coefficient (Wildman–Crippen LogP) is 1.04. The number of hydrogen-bond donors (Lipinski definition) is 1. The van der Waals surface area contributed by atoms with Crippen molar-refractivity contribution in [1.82, 2.24) is 0 Å². The van der Waals surface area contributed by atoms with Gasteiger partial charge in [0.05, 0.1) is 18.9 Å². The van der Waals surface area contributed by atoms with Gasteiger partial charge in [-0.05, 0) is 13.3 Å². The summed E-state index contributed by atoms with van der Waals surface area (Å²) in [5.41, 5.74) is 0. The van der Waals surface area contributed by atoms with Crippen molar-refractivity contribution in [3.63, 3.8) is 0 Å². The Hall–Kier alpha value is -1.72. The summed E-state index contributed by atoms with van der Waals surface area (Å²) >= 11 is 0. The zero-order valence-electron chi connectivity index (χ0n) is 10.0. The average Bonchev–Trinajstić information content (AvgIpc) is 2.26. The van der Waals surface area contributed by atoms with Gasteiger partial charge in [0.15, 0.2) is 0 Å². The second kappa shape index (κ2) is 8.43. The highest BCUT2D eigenvalue weighted by Gasteiger charge is 2.12. The summed E-state index contributed by atoms with van der Waals surface area (Å²) in [5, 5.41) is 8.34. The van der Waals surface area contributed by atoms with E-state index in [2.05, 4.69) is 4.99 Å². The van der Waals surface area contributed by atoms with Crippen molar-refractivity contribution < 1.29 is 24.2 Å². The Morgan fingerprint density at radius 3 is 2.53 bits per heavy atom. The fourth-order valence-electron chi connectivity index (χ4n) is 0.972. The number of carbonyl (C=O) groups excluding carboxylic acids is 2. The topological polar surface area (TPSA) is 93.0 Å². The summed E-state index contributed by atoms with van der Waals surface area (Å²) in [6.45, 7) is 3.71. The van der Waals surface area contributed by atoms with E-state index in [9.17, 15) is 14.4 Å². The summed E-state index contributed by atoms with van der Waals surface area (Å²) in [4.78, 5) is 36.0. The van der Waals surface area contributed by atoms with E-state index in [4.69, 9.17) is 9.84 Å². The Kier molecular flexibility index (Phi) is 7.58. The molecule has 0 unspecified atom stereocenters. The predicted molar refractivity (Wildman–Crippen MR) is 60.8 cm³/mol. The number of esters is 1. The standard InChI is InChI=1S/C11H17NO5/c1-3-17-11(16)8(2)6-7-12-9(13)4-5-10(14)15/h7-8H,3-6H2,1-2H3,(H,14,15)/t8-/m1/s1. The van der Waals surface area contributed by atoms with Crippen LogP contribution in [0.3, 0.4) is 0 Å². The molecule has 0 aliphatic heterocycles. The lowest BCUT2D eigenvalue weighted by Gasteiger charge is -2.06. The number of carbonyl (C=O) groups is 3. The molecule has 0 spiro atoms. The molecule has 0 aromatic rings. The van der Waals surface area contributed by atoms with Crippen LogP contribution in [0, 0.1) is 5.92 Å². The van der Waals surface area contributed by atoms with Crippen molar-refractivity contribution in [2.75, 3.05) is 6.61 Å². The minimum absolute atomic E-state index is 0.125. The van der Waals surface area contributed by atoms with E-state index >= 15 is 0 Å². The highest BCUT2D eigenvalue weighted by Crippen LogP contribution is 2.02. The monoisotopic (exact) mass is 243 g/mol. The number of aliphatic carboxylic acids is 1. The normalized spacial score (nSPS) is 12.4. The second-order valence-corrected chi connectivity index (χ2v) is 3.49. The first kappa shape index (κ1) is 15.3. The number of nitrogens with zero attached hydrogens (tertiary/aromatic N) is 1. The maximum absolute atomic E-state index is 11.2. The second-order valence-electron chi connectivity index (χ2n) is 3.49. The zero-order chi connectivity index (χ0) is 13.3. The van der Waals surface area contributed by atoms with Crippen LogP contribution < -0.4 is 0 Å². The third kappa shape index (κ3) is 8.12. The van der Waals surface area contributed by atoms with Crippen molar-refractivity contribution >= 4 is 24.1 Å². The highest BCUT2D eigenvalue weighted by molar-refractivity contribution is 5.88. The van der Waals surface area contributed by atoms with Gasteiger partial charge in [-0.2, -0.15) is 0 Å². The van der Waals surface area contributed by atoms with Crippen LogP contribution in [-0.4, -0.2) is 35.8 Å². The number of ether oxygens (including phenoxy) is 1. The van der Waals surface area contributed by atoms with Crippen molar-refractivity contribution in [2.24, 2.45) is 10.9 Å². The Bertz CT molecular complexity index is 311. The van der Waals surface area contributed by atoms with Gasteiger partial charge in [-0.1, -0.05) is 6.92 Å². The van der Waals surface area contributed by atoms with Gasteiger partial charge in [-0.3, -0.25) is 14.4 Å². The van der Waals surface area contributed by atoms with Crippen LogP contribution in [0.1, 0.15) is 33.1 Å². The van der Waals surface area contributed by atoms with Gasteiger partial charge in [-0.25, -0.2) is 4.99 Å². The third-order valence-corrected chi connectivity index (χ3v) is 1.94. The van der Waals surface area contributed by atoms with Gasteiger partial charge < -0.3 is 9.84 Å². The zero-order valence-corrected chi connectivity index (χ0v) is 10.0. The van der Waals surface area contributed by atoms with E-state index in [1.165, 1.54) is 6.21 Å². The lowest BCUT2D eigenvalue weighted by atomic mass is 10.1. The molecule has 96 valence electrons. The molecule has 0 bridgehead atoms. The van der Waals surface area contributed by atoms with E-state index in [1.807, 2.05) is 0 Å². The average molecular weight is 243 g/mol. The number of carboxylic acids is 1. The van der Waals surface area contributed by atoms with Crippen LogP contribution in [0.5, 0.6) is 0 Å². The highest BCUT2D eigenvalue weighted by atomic mass is 16.5. The van der Waals surface area contributed by atoms with E-state index in [1.54, 1.807) is 13.8 Å². The smallest absolute Gasteiger partial charge is 0.309 e. The molecule has 1 amide bonds. The van der Waals surface area contributed by atoms with Crippen molar-refractivity contribution in [1.29, 1.82) is 0 Å². The van der Waals surface area contributed by atoms with Crippen molar-refractivity contribution in [2.45, 2.75) is 33.1 Å². The number of carboxylic acid groups (broad SMARTS) is 1. The van der Waals surface area contributed by atoms with Gasteiger partial charge in [0.25, 0.3) is 0 Å². The Morgan fingerprint density at radius 1 is 1.35 bits per heavy atom. The quantitative estimate of drug-likeness (QED) is 0.532. The minimum Gasteiger partial charge on any atom is -0.481 e. The molecule has 1 atom stereocenters. The largest absolute Gasteiger partial charge is 0.481 e. The van der Waals surface area contributed by atoms with Crippen LogP contribution in [0.4, 0.5) is 0 Å². The molecular formula is C11H17NO5. The Balaban J connectivity index is 3.89. The summed E-state index contributed by atoms with van der Waals surface area (Å²) < 4.78 is 4.78. The fourth-order valence-corrected chi connectivity index (χ4v) is 0.972. The maximum Gasteiger partial charge on any atom is 0.309 e. The number of rotatable bonds is 7. The molecule has 0 rings (SSSR count). The summed E-state index contributed by atoms with van der Waals surface area (Å²) in [7, 11) is 0. The molecule has 0 aromatic heterocycles. The number of aliphatic imine (C=N–C) groups is 1. The van der Waals surface area contributed by atoms with Crippen molar-refractivity contribution in [3.05, 3.63) is 0 Å². The molecule has 0 aliphatic carbocycles. The SMILES string of the molecule is CCOC(=O)[C@H](C)CC=NC(=O)CCC(=O)O. The summed E-state index contributed by atoms with van der Waals surface area (Å²) in [6, 6.07) is 0. The molecule has 0 radical (unpaired) electrons. The van der Waals surface area contributed by atoms with E-state index in [0.29, 0.717) is 13.0 Å². The van der Waals surface area contributed by atoms with Gasteiger partial charge in [0.2, 0.25) is 5.91 Å². The molecule has 0 aliphatic rings. The first-order valence-electron chi connectivity index (χ1n) is 5.41. The molecule has 6 nitrogen and oxygen atoms in total. The molecule has 1 N–H and O–H groups in total. The van der Waals surface area contributed by atoms with Crippen LogP contribution >= 0.6 is 0 Å². The Morgan fingerprint density at radius 2 is 2.00 bits per heavy atom. The lowest BCUT2D eigenvalue weighted by Crippen LogP contribution is -2.15. The molecule has 0 saturated carbocycles. The first-order chi connectivity index (χ1) is 7.97. The first-order valence-corrected chi connectivity index (χ1v) is 5.41. The molecule has 0 saturated heterocycles. The van der Waals surface area contributed by atoms with E-state index in [-0.39, 0.29) is 24.7 Å². The van der Waals surface area contributed by atoms with Gasteiger partial charge >= 0.3 is 11.9 Å². The fraction of sp³-hybridized carbons (Fsp3) is 0.636. The molecule has 0 fully saturated rings. The summed E-state index contributed by atoms with van der Waals surface area (Å²) in [6.07, 6.45) is 1.27. The van der Waals surface area contributed by atoms with Crippen LogP contribution in [0.25, 0.3) is 0 Å². The van der Waals surface area contributed by atoms with E-state index in [0.717, 1.165) is 0 Å². The molecule has 0 aromatic carbocycles. The van der Waals surface area contributed by atoms with Gasteiger partial charge in [-0.15, -0.1) is 0 Å². The third-order valence-electron chi connectivity index (χ3n) is 1.94. The minimum atomic E-state index is -1.03. The molecule has 6 heteroatoms. The van der Waals surface area contributed by atoms with Crippen LogP contribution in [0.15, 0.2) is 4.99 Å². The van der Waals surface area contributed by atoms with Gasteiger partial charge in [0.1, 0.15) is 0 Å². The van der Waals surface area contributed by atoms with Crippen molar-refractivity contribution in [3.8, 4) is 0 Å². The number of hydrogen-bond acceptors (Lipinski definition) is 4. The Labute approximate surface area is 99.7 Å². The summed E-state index contributed by atoms with van der Waals surface area (Å²) in [5.74, 6) is -2.22. The molecule has 0 heterocycles. The molecule has 17 heavy (non-hydrogen) atoms.